The molecule has 0 aromatic rings. The maximum Gasteiger partial charge on any atom is 0.391 e. The molecule has 0 aromatic carbocycles. The average molecular weight is 241 g/mol. The quantitative estimate of drug-likeness (QED) is 0.413. The molecule has 0 amide bonds. The van der Waals surface area contributed by atoms with Crippen LogP contribution in [0.2, 0.25) is 0 Å². The molecule has 0 N–H and O–H groups in total. The Kier molecular flexibility index (Phi) is 3.87. The van der Waals surface area contributed by atoms with Crippen molar-refractivity contribution in [2.24, 2.45) is 0 Å². The van der Waals surface area contributed by atoms with Crippen LogP contribution in [0, 0.1) is 0 Å². The number of hydrogen-bond acceptors (Lipinski definition) is 1. The third-order valence-corrected chi connectivity index (χ3v) is 1.23. The third-order valence-electron chi connectivity index (χ3n) is 0.991. The van der Waals surface area contributed by atoms with Gasteiger partial charge in [-0.15, -0.1) is 0 Å². The monoisotopic (exact) mass is 240 g/mol. The van der Waals surface area contributed by atoms with E-state index in [0.717, 1.165) is 0 Å². The van der Waals surface area contributed by atoms with Crippen molar-refractivity contribution in [1.82, 2.24) is 0 Å². The maximum absolute atomic E-state index is 12.3. The van der Waals surface area contributed by atoms with Gasteiger partial charge in [-0.1, -0.05) is 6.58 Å². The smallest absolute Gasteiger partial charge is 0.391 e. The molecule has 0 radical (unpaired) electrons. The second-order valence-corrected chi connectivity index (χ2v) is 2.42. The first-order valence-corrected chi connectivity index (χ1v) is 3.30. The van der Waals surface area contributed by atoms with Crippen molar-refractivity contribution in [2.75, 3.05) is 0 Å². The SMILES string of the molecule is C=COC(F)=C(F)C(F)(F)C(F)(F)Cl. The Morgan fingerprint density at radius 2 is 1.64 bits per heavy atom. The summed E-state index contributed by atoms with van der Waals surface area (Å²) in [5.74, 6) is -8.58. The number of allylic oxidation sites excluding steroid dienone is 1. The molecule has 0 spiro atoms. The second kappa shape index (κ2) is 4.12. The number of rotatable bonds is 4. The zero-order valence-corrected chi connectivity index (χ0v) is 7.09. The fourth-order valence-electron chi connectivity index (χ4n) is 0.373. The highest BCUT2D eigenvalue weighted by atomic mass is 35.5. The van der Waals surface area contributed by atoms with Crippen LogP contribution in [0.25, 0.3) is 0 Å². The van der Waals surface area contributed by atoms with Gasteiger partial charge in [0.15, 0.2) is 0 Å². The van der Waals surface area contributed by atoms with Crippen molar-refractivity contribution in [1.29, 1.82) is 0 Å². The van der Waals surface area contributed by atoms with Crippen LogP contribution in [-0.2, 0) is 4.74 Å². The standard InChI is InChI=1S/C6H3ClF6O/c1-2-14-4(9)3(8)5(10,11)6(7,12)13/h2H,1H2. The van der Waals surface area contributed by atoms with Crippen molar-refractivity contribution >= 4 is 11.6 Å². The minimum Gasteiger partial charge on any atom is -0.438 e. The Hall–Kier alpha value is -0.850. The molecule has 0 unspecified atom stereocenters. The molecule has 0 fully saturated rings. The molecule has 0 aliphatic heterocycles. The zero-order valence-electron chi connectivity index (χ0n) is 6.34. The Morgan fingerprint density at radius 3 is 1.93 bits per heavy atom. The molecular formula is C6H3ClF6O. The van der Waals surface area contributed by atoms with Crippen LogP contribution in [0.4, 0.5) is 26.3 Å². The molecule has 0 aliphatic rings. The van der Waals surface area contributed by atoms with Gasteiger partial charge in [0.1, 0.15) is 0 Å². The molecule has 0 aliphatic carbocycles. The van der Waals surface area contributed by atoms with E-state index in [0.29, 0.717) is 0 Å². The Morgan fingerprint density at radius 1 is 1.21 bits per heavy atom. The van der Waals surface area contributed by atoms with Crippen LogP contribution < -0.4 is 0 Å². The summed E-state index contributed by atoms with van der Waals surface area (Å²) in [4.78, 5) is 0. The van der Waals surface area contributed by atoms with Crippen LogP contribution in [0.3, 0.4) is 0 Å². The minimum atomic E-state index is -5.48. The number of hydrogen-bond donors (Lipinski definition) is 0. The van der Waals surface area contributed by atoms with Gasteiger partial charge in [0.2, 0.25) is 5.83 Å². The molecule has 0 saturated heterocycles. The highest BCUT2D eigenvalue weighted by molar-refractivity contribution is 6.22. The van der Waals surface area contributed by atoms with Gasteiger partial charge in [-0.25, -0.2) is 0 Å². The summed E-state index contributed by atoms with van der Waals surface area (Å²) in [5, 5.41) is -5.25. The lowest BCUT2D eigenvalue weighted by molar-refractivity contribution is -0.145. The largest absolute Gasteiger partial charge is 0.438 e. The Labute approximate surface area is 79.6 Å². The van der Waals surface area contributed by atoms with E-state index in [1.54, 1.807) is 0 Å². The van der Waals surface area contributed by atoms with Crippen LogP contribution in [-0.4, -0.2) is 11.3 Å². The molecule has 82 valence electrons. The summed E-state index contributed by atoms with van der Waals surface area (Å²) in [6.45, 7) is 2.70. The van der Waals surface area contributed by atoms with E-state index in [2.05, 4.69) is 22.9 Å². The van der Waals surface area contributed by atoms with Crippen LogP contribution in [0.5, 0.6) is 0 Å². The molecule has 0 aromatic heterocycles. The van der Waals surface area contributed by atoms with Crippen molar-refractivity contribution in [3.05, 3.63) is 24.7 Å². The molecule has 0 saturated carbocycles. The summed E-state index contributed by atoms with van der Waals surface area (Å²) in [6, 6.07) is -2.52. The fourth-order valence-corrected chi connectivity index (χ4v) is 0.456. The van der Waals surface area contributed by atoms with E-state index < -0.39 is 23.1 Å². The molecule has 8 heteroatoms. The molecule has 0 heterocycles. The predicted molar refractivity (Wildman–Crippen MR) is 36.3 cm³/mol. The summed E-state index contributed by atoms with van der Waals surface area (Å²) >= 11 is 3.86. The number of halogens is 7. The van der Waals surface area contributed by atoms with E-state index in [1.165, 1.54) is 0 Å². The van der Waals surface area contributed by atoms with E-state index >= 15 is 0 Å². The predicted octanol–water partition coefficient (Wildman–Crippen LogP) is 3.72. The van der Waals surface area contributed by atoms with Gasteiger partial charge in [-0.3, -0.25) is 0 Å². The first-order chi connectivity index (χ1) is 6.14. The van der Waals surface area contributed by atoms with Crippen molar-refractivity contribution in [3.8, 4) is 0 Å². The summed E-state index contributed by atoms with van der Waals surface area (Å²) in [6.07, 6.45) is 0.247. The topological polar surface area (TPSA) is 9.23 Å². The van der Waals surface area contributed by atoms with E-state index in [4.69, 9.17) is 0 Å². The van der Waals surface area contributed by atoms with Crippen LogP contribution in [0.1, 0.15) is 0 Å². The van der Waals surface area contributed by atoms with Gasteiger partial charge >= 0.3 is 17.3 Å². The van der Waals surface area contributed by atoms with Crippen molar-refractivity contribution < 1.29 is 31.1 Å². The molecule has 0 atom stereocenters. The fraction of sp³-hybridized carbons (Fsp3) is 0.333. The highest BCUT2D eigenvalue weighted by Gasteiger charge is 2.60. The van der Waals surface area contributed by atoms with Crippen molar-refractivity contribution in [3.63, 3.8) is 0 Å². The molecule has 0 rings (SSSR count). The number of alkyl halides is 5. The van der Waals surface area contributed by atoms with Gasteiger partial charge in [0.05, 0.1) is 6.26 Å². The second-order valence-electron chi connectivity index (χ2n) is 1.94. The molecule has 14 heavy (non-hydrogen) atoms. The first kappa shape index (κ1) is 13.2. The average Bonchev–Trinajstić information content (AvgIpc) is 2.01. The third kappa shape index (κ3) is 2.57. The summed E-state index contributed by atoms with van der Waals surface area (Å²) < 4.78 is 76.0. The van der Waals surface area contributed by atoms with E-state index in [-0.39, 0.29) is 6.26 Å². The van der Waals surface area contributed by atoms with Crippen molar-refractivity contribution in [2.45, 2.75) is 11.3 Å². The van der Waals surface area contributed by atoms with E-state index in [1.807, 2.05) is 0 Å². The lowest BCUT2D eigenvalue weighted by atomic mass is 10.3. The van der Waals surface area contributed by atoms with Gasteiger partial charge in [0.25, 0.3) is 0 Å². The first-order valence-electron chi connectivity index (χ1n) is 2.92. The summed E-state index contributed by atoms with van der Waals surface area (Å²) in [7, 11) is 0. The van der Waals surface area contributed by atoms with Gasteiger partial charge in [0, 0.05) is 0 Å². The molecule has 0 bridgehead atoms. The maximum atomic E-state index is 12.3. The van der Waals surface area contributed by atoms with Gasteiger partial charge in [-0.2, -0.15) is 26.3 Å². The number of ether oxygens (including phenoxy) is 1. The van der Waals surface area contributed by atoms with Crippen LogP contribution >= 0.6 is 11.6 Å². The van der Waals surface area contributed by atoms with Gasteiger partial charge < -0.3 is 4.74 Å². The summed E-state index contributed by atoms with van der Waals surface area (Å²) in [5.41, 5.74) is 0. The van der Waals surface area contributed by atoms with Gasteiger partial charge in [-0.05, 0) is 11.6 Å². The zero-order chi connectivity index (χ0) is 11.6. The lowest BCUT2D eigenvalue weighted by Gasteiger charge is -2.18. The Balaban J connectivity index is 5.10. The van der Waals surface area contributed by atoms with E-state index in [9.17, 15) is 26.3 Å². The van der Waals surface area contributed by atoms with Crippen LogP contribution in [0.15, 0.2) is 24.7 Å². The lowest BCUT2D eigenvalue weighted by Crippen LogP contribution is -2.36. The minimum absolute atomic E-state index is 0.247. The molecular weight excluding hydrogens is 238 g/mol. The Bertz CT molecular complexity index is 256. The normalized spacial score (nSPS) is 14.8. The highest BCUT2D eigenvalue weighted by Crippen LogP contribution is 2.44. The molecule has 1 nitrogen and oxygen atoms in total.